The Bertz CT molecular complexity index is 542. The predicted molar refractivity (Wildman–Crippen MR) is 90.7 cm³/mol. The van der Waals surface area contributed by atoms with Crippen LogP contribution in [-0.4, -0.2) is 43.0 Å². The van der Waals surface area contributed by atoms with Gasteiger partial charge in [-0.2, -0.15) is 0 Å². The highest BCUT2D eigenvalue weighted by Crippen LogP contribution is 2.23. The van der Waals surface area contributed by atoms with Crippen LogP contribution in [0.4, 0.5) is 4.79 Å². The lowest BCUT2D eigenvalue weighted by atomic mass is 9.86. The molecule has 0 radical (unpaired) electrons. The molecule has 0 unspecified atom stereocenters. The first-order valence-electron chi connectivity index (χ1n) is 7.84. The number of amides is 2. The number of carbonyl (C=O) groups excluding carboxylic acids is 1. The molecule has 0 aliphatic carbocycles. The third-order valence-electron chi connectivity index (χ3n) is 3.96. The molecule has 1 aromatic rings. The van der Waals surface area contributed by atoms with Gasteiger partial charge in [-0.25, -0.2) is 4.79 Å². The summed E-state index contributed by atoms with van der Waals surface area (Å²) >= 11 is 6.00. The second-order valence-electron chi connectivity index (χ2n) is 7.03. The van der Waals surface area contributed by atoms with Crippen molar-refractivity contribution in [3.05, 3.63) is 34.9 Å². The van der Waals surface area contributed by atoms with Crippen LogP contribution in [0.1, 0.15) is 25.8 Å². The van der Waals surface area contributed by atoms with Crippen molar-refractivity contribution in [2.75, 3.05) is 26.3 Å². The molecule has 1 aliphatic heterocycles. The summed E-state index contributed by atoms with van der Waals surface area (Å²) in [5.41, 5.74) is 0.102. The number of aliphatic hydroxyl groups is 1. The second-order valence-corrected chi connectivity index (χ2v) is 7.47. The van der Waals surface area contributed by atoms with Gasteiger partial charge < -0.3 is 20.5 Å². The summed E-state index contributed by atoms with van der Waals surface area (Å²) in [5.74, 6) is 0. The van der Waals surface area contributed by atoms with Crippen LogP contribution in [0.25, 0.3) is 0 Å². The van der Waals surface area contributed by atoms with Crippen molar-refractivity contribution in [2.45, 2.75) is 32.3 Å². The zero-order chi connectivity index (χ0) is 16.9. The summed E-state index contributed by atoms with van der Waals surface area (Å²) < 4.78 is 5.15. The van der Waals surface area contributed by atoms with E-state index in [1.54, 1.807) is 0 Å². The fourth-order valence-electron chi connectivity index (χ4n) is 2.62. The normalized spacial score (nSPS) is 21.2. The van der Waals surface area contributed by atoms with E-state index in [1.807, 2.05) is 24.3 Å². The number of hydrogen-bond donors (Lipinski definition) is 3. The van der Waals surface area contributed by atoms with E-state index in [1.165, 1.54) is 0 Å². The van der Waals surface area contributed by atoms with Gasteiger partial charge in [0.2, 0.25) is 0 Å². The Morgan fingerprint density at radius 1 is 1.43 bits per heavy atom. The molecule has 1 fully saturated rings. The average molecular weight is 341 g/mol. The van der Waals surface area contributed by atoms with Gasteiger partial charge in [-0.15, -0.1) is 0 Å². The molecule has 128 valence electrons. The minimum atomic E-state index is -0.937. The second kappa shape index (κ2) is 7.51. The van der Waals surface area contributed by atoms with E-state index in [9.17, 15) is 9.90 Å². The van der Waals surface area contributed by atoms with Crippen molar-refractivity contribution in [2.24, 2.45) is 5.41 Å². The molecule has 1 heterocycles. The molecule has 23 heavy (non-hydrogen) atoms. The van der Waals surface area contributed by atoms with Gasteiger partial charge in [0.25, 0.3) is 0 Å². The molecule has 1 aromatic carbocycles. The van der Waals surface area contributed by atoms with Crippen LogP contribution in [0.15, 0.2) is 24.3 Å². The van der Waals surface area contributed by atoms with Crippen LogP contribution in [0.2, 0.25) is 5.02 Å². The average Bonchev–Trinajstić information content (AvgIpc) is 2.90. The molecule has 3 N–H and O–H groups in total. The number of hydrogen-bond acceptors (Lipinski definition) is 3. The monoisotopic (exact) mass is 340 g/mol. The maximum absolute atomic E-state index is 11.9. The number of rotatable bonds is 6. The van der Waals surface area contributed by atoms with Gasteiger partial charge >= 0.3 is 6.03 Å². The first kappa shape index (κ1) is 18.0. The maximum atomic E-state index is 11.9. The summed E-state index contributed by atoms with van der Waals surface area (Å²) in [6.45, 7) is 5.72. The van der Waals surface area contributed by atoms with Crippen molar-refractivity contribution in [1.82, 2.24) is 10.6 Å². The lowest BCUT2D eigenvalue weighted by Crippen LogP contribution is -2.48. The summed E-state index contributed by atoms with van der Waals surface area (Å²) in [4.78, 5) is 11.9. The van der Waals surface area contributed by atoms with Crippen LogP contribution in [0.5, 0.6) is 0 Å². The highest BCUT2D eigenvalue weighted by Gasteiger charge is 2.32. The van der Waals surface area contributed by atoms with Gasteiger partial charge in [-0.3, -0.25) is 0 Å². The minimum Gasteiger partial charge on any atom is -0.386 e. The molecule has 2 amide bonds. The molecule has 1 saturated heterocycles. The Kier molecular flexibility index (Phi) is 5.89. The third kappa shape index (κ3) is 6.01. The maximum Gasteiger partial charge on any atom is 0.314 e. The zero-order valence-electron chi connectivity index (χ0n) is 13.7. The van der Waals surface area contributed by atoms with Crippen molar-refractivity contribution >= 4 is 17.6 Å². The zero-order valence-corrected chi connectivity index (χ0v) is 14.4. The van der Waals surface area contributed by atoms with E-state index in [0.29, 0.717) is 19.6 Å². The van der Waals surface area contributed by atoms with E-state index in [2.05, 4.69) is 24.5 Å². The molecule has 6 heteroatoms. The molecule has 2 rings (SSSR count). The Labute approximate surface area is 142 Å². The van der Waals surface area contributed by atoms with Gasteiger partial charge in [0.15, 0.2) is 0 Å². The molecular weight excluding hydrogens is 316 g/mol. The summed E-state index contributed by atoms with van der Waals surface area (Å²) in [5, 5.41) is 16.4. The summed E-state index contributed by atoms with van der Waals surface area (Å²) in [6, 6.07) is 7.48. The smallest absolute Gasteiger partial charge is 0.314 e. The van der Waals surface area contributed by atoms with Crippen molar-refractivity contribution in [3.63, 3.8) is 0 Å². The first-order valence-corrected chi connectivity index (χ1v) is 8.22. The summed E-state index contributed by atoms with van der Waals surface area (Å²) in [7, 11) is 0. The lowest BCUT2D eigenvalue weighted by Gasteiger charge is -2.26. The molecule has 0 bridgehead atoms. The van der Waals surface area contributed by atoms with E-state index in [0.717, 1.165) is 17.0 Å². The van der Waals surface area contributed by atoms with Crippen LogP contribution in [-0.2, 0) is 11.2 Å². The highest BCUT2D eigenvalue weighted by molar-refractivity contribution is 6.30. The molecule has 1 atom stereocenters. The molecule has 0 spiro atoms. The van der Waals surface area contributed by atoms with Crippen LogP contribution in [0, 0.1) is 5.41 Å². The summed E-state index contributed by atoms with van der Waals surface area (Å²) in [6.07, 6.45) is 1.36. The molecule has 0 saturated carbocycles. The van der Waals surface area contributed by atoms with Crippen LogP contribution >= 0.6 is 11.6 Å². The fraction of sp³-hybridized carbons (Fsp3) is 0.588. The Balaban J connectivity index is 1.75. The first-order chi connectivity index (χ1) is 10.8. The quantitative estimate of drug-likeness (QED) is 0.744. The molecule has 5 nitrogen and oxygen atoms in total. The van der Waals surface area contributed by atoms with Gasteiger partial charge in [0.1, 0.15) is 5.60 Å². The van der Waals surface area contributed by atoms with E-state index < -0.39 is 5.60 Å². The van der Waals surface area contributed by atoms with E-state index >= 15 is 0 Å². The SMILES string of the molecule is CC(C)(CNC(=O)NC[C@]1(O)CCOC1)Cc1cccc(Cl)c1. The van der Waals surface area contributed by atoms with Gasteiger partial charge in [-0.1, -0.05) is 37.6 Å². The number of ether oxygens (including phenoxy) is 1. The number of nitrogens with one attached hydrogen (secondary N) is 2. The van der Waals surface area contributed by atoms with Crippen LogP contribution in [0.3, 0.4) is 0 Å². The fourth-order valence-corrected chi connectivity index (χ4v) is 2.84. The highest BCUT2D eigenvalue weighted by atomic mass is 35.5. The topological polar surface area (TPSA) is 70.6 Å². The van der Waals surface area contributed by atoms with Gasteiger partial charge in [0, 0.05) is 24.6 Å². The van der Waals surface area contributed by atoms with Crippen molar-refractivity contribution < 1.29 is 14.6 Å². The van der Waals surface area contributed by atoms with E-state index in [4.69, 9.17) is 16.3 Å². The molecule has 1 aliphatic rings. The Morgan fingerprint density at radius 2 is 2.22 bits per heavy atom. The Hall–Kier alpha value is -1.30. The molecular formula is C17H25ClN2O3. The van der Waals surface area contributed by atoms with Crippen molar-refractivity contribution in [3.8, 4) is 0 Å². The number of benzene rings is 1. The number of urea groups is 1. The minimum absolute atomic E-state index is 0.102. The van der Waals surface area contributed by atoms with Gasteiger partial charge in [-0.05, 0) is 29.5 Å². The van der Waals surface area contributed by atoms with E-state index in [-0.39, 0.29) is 24.6 Å². The van der Waals surface area contributed by atoms with Crippen molar-refractivity contribution in [1.29, 1.82) is 0 Å². The Morgan fingerprint density at radius 3 is 2.87 bits per heavy atom. The number of carbonyl (C=O) groups is 1. The van der Waals surface area contributed by atoms with Gasteiger partial charge in [0.05, 0.1) is 13.2 Å². The largest absolute Gasteiger partial charge is 0.386 e. The van der Waals surface area contributed by atoms with Crippen LogP contribution < -0.4 is 10.6 Å². The molecule has 0 aromatic heterocycles. The standard InChI is InChI=1S/C17H25ClN2O3/c1-16(2,9-13-4-3-5-14(18)8-13)10-19-15(21)20-11-17(22)6-7-23-12-17/h3-5,8,22H,6-7,9-12H2,1-2H3,(H2,19,20,21)/t17-/m1/s1. The number of halogens is 1. The predicted octanol–water partition coefficient (Wildman–Crippen LogP) is 2.36. The lowest BCUT2D eigenvalue weighted by molar-refractivity contribution is 0.0291. The third-order valence-corrected chi connectivity index (χ3v) is 4.19.